The Kier molecular flexibility index (Phi) is 4.19. The van der Waals surface area contributed by atoms with Crippen molar-refractivity contribution in [3.63, 3.8) is 0 Å². The van der Waals surface area contributed by atoms with Crippen LogP contribution in [0.25, 0.3) is 0 Å². The van der Waals surface area contributed by atoms with E-state index in [0.717, 1.165) is 18.4 Å². The molecule has 0 radical (unpaired) electrons. The maximum atomic E-state index is 14.1. The van der Waals surface area contributed by atoms with Gasteiger partial charge in [-0.05, 0) is 55.7 Å². The van der Waals surface area contributed by atoms with Crippen LogP contribution in [-0.4, -0.2) is 19.1 Å². The number of halogens is 1. The highest BCUT2D eigenvalue weighted by Crippen LogP contribution is 2.31. The summed E-state index contributed by atoms with van der Waals surface area (Å²) in [6.07, 6.45) is 2.14. The van der Waals surface area contributed by atoms with Gasteiger partial charge in [0.1, 0.15) is 17.3 Å². The van der Waals surface area contributed by atoms with E-state index >= 15 is 0 Å². The number of benzene rings is 2. The summed E-state index contributed by atoms with van der Waals surface area (Å²) < 4.78 is 19.3. The Bertz CT molecular complexity index is 742. The van der Waals surface area contributed by atoms with Crippen molar-refractivity contribution in [2.45, 2.75) is 25.8 Å². The third-order valence-electron chi connectivity index (χ3n) is 3.87. The first-order chi connectivity index (χ1) is 11.1. The lowest BCUT2D eigenvalue weighted by Gasteiger charge is -2.14. The lowest BCUT2D eigenvalue weighted by Crippen LogP contribution is -2.16. The predicted molar refractivity (Wildman–Crippen MR) is 88.7 cm³/mol. The number of anilines is 2. The summed E-state index contributed by atoms with van der Waals surface area (Å²) in [6, 6.07) is 10.3. The molecule has 0 aliphatic heterocycles. The second-order valence-corrected chi connectivity index (χ2v) is 5.72. The van der Waals surface area contributed by atoms with Gasteiger partial charge in [-0.15, -0.1) is 0 Å². The number of methoxy groups -OCH3 is 1. The van der Waals surface area contributed by atoms with Gasteiger partial charge in [0.2, 0.25) is 0 Å². The third kappa shape index (κ3) is 3.44. The van der Waals surface area contributed by atoms with Crippen molar-refractivity contribution < 1.29 is 13.9 Å². The Hall–Kier alpha value is -2.56. The molecule has 0 aromatic heterocycles. The van der Waals surface area contributed by atoms with Gasteiger partial charge in [-0.3, -0.25) is 4.79 Å². The molecule has 2 aromatic carbocycles. The molecule has 0 unspecified atom stereocenters. The van der Waals surface area contributed by atoms with Crippen molar-refractivity contribution in [3.05, 3.63) is 53.3 Å². The van der Waals surface area contributed by atoms with Crippen LogP contribution < -0.4 is 15.4 Å². The van der Waals surface area contributed by atoms with Gasteiger partial charge in [0.25, 0.3) is 5.91 Å². The first-order valence-electron chi connectivity index (χ1n) is 7.59. The topological polar surface area (TPSA) is 50.4 Å². The Labute approximate surface area is 134 Å². The fourth-order valence-corrected chi connectivity index (χ4v) is 2.42. The number of hydrogen-bond acceptors (Lipinski definition) is 3. The Balaban J connectivity index is 1.85. The number of carbonyl (C=O) groups is 1. The molecule has 1 aliphatic rings. The minimum Gasteiger partial charge on any atom is -0.497 e. The van der Waals surface area contributed by atoms with E-state index in [1.165, 1.54) is 6.07 Å². The van der Waals surface area contributed by atoms with Crippen LogP contribution in [0.1, 0.15) is 28.8 Å². The van der Waals surface area contributed by atoms with Crippen LogP contribution in [0.4, 0.5) is 15.8 Å². The molecule has 0 bridgehead atoms. The molecule has 3 rings (SSSR count). The average Bonchev–Trinajstić information content (AvgIpc) is 3.34. The van der Waals surface area contributed by atoms with Gasteiger partial charge in [-0.1, -0.05) is 6.07 Å². The summed E-state index contributed by atoms with van der Waals surface area (Å²) in [5, 5.41) is 5.93. The Morgan fingerprint density at radius 3 is 2.70 bits per heavy atom. The van der Waals surface area contributed by atoms with Crippen LogP contribution >= 0.6 is 0 Å². The van der Waals surface area contributed by atoms with E-state index < -0.39 is 5.82 Å². The second kappa shape index (κ2) is 6.28. The first kappa shape index (κ1) is 15.3. The van der Waals surface area contributed by atoms with E-state index in [4.69, 9.17) is 4.74 Å². The van der Waals surface area contributed by atoms with Gasteiger partial charge in [0, 0.05) is 11.6 Å². The molecule has 0 saturated heterocycles. The minimum atomic E-state index is -0.449. The summed E-state index contributed by atoms with van der Waals surface area (Å²) in [5.74, 6) is -0.106. The number of nitrogens with one attached hydrogen (secondary N) is 2. The number of carbonyl (C=O) groups excluding carboxylic acids is 1. The second-order valence-electron chi connectivity index (χ2n) is 5.72. The predicted octanol–water partition coefficient (Wildman–Crippen LogP) is 3.97. The van der Waals surface area contributed by atoms with Gasteiger partial charge in [0.15, 0.2) is 0 Å². The zero-order chi connectivity index (χ0) is 16.4. The normalized spacial score (nSPS) is 13.5. The van der Waals surface area contributed by atoms with Crippen molar-refractivity contribution in [2.75, 3.05) is 17.7 Å². The lowest BCUT2D eigenvalue weighted by molar-refractivity contribution is 0.102. The van der Waals surface area contributed by atoms with Crippen LogP contribution in [0.5, 0.6) is 5.75 Å². The molecule has 2 N–H and O–H groups in total. The standard InChI is InChI=1S/C18H19FN2O2/c1-11-10-13(23-2)8-9-14(11)18(22)21-17-15(19)4-3-5-16(17)20-12-6-7-12/h3-5,8-10,12,20H,6-7H2,1-2H3,(H,21,22). The zero-order valence-electron chi connectivity index (χ0n) is 13.2. The summed E-state index contributed by atoms with van der Waals surface area (Å²) in [5.41, 5.74) is 2.08. The first-order valence-corrected chi connectivity index (χ1v) is 7.59. The minimum absolute atomic E-state index is 0.194. The lowest BCUT2D eigenvalue weighted by atomic mass is 10.1. The molecule has 0 heterocycles. The van der Waals surface area contributed by atoms with Gasteiger partial charge in [-0.25, -0.2) is 4.39 Å². The molecule has 1 aliphatic carbocycles. The van der Waals surface area contributed by atoms with Gasteiger partial charge >= 0.3 is 0 Å². The maximum absolute atomic E-state index is 14.1. The van der Waals surface area contributed by atoms with Crippen molar-refractivity contribution in [1.29, 1.82) is 0 Å². The summed E-state index contributed by atoms with van der Waals surface area (Å²) in [6.45, 7) is 1.82. The van der Waals surface area contributed by atoms with Gasteiger partial charge in [0.05, 0.1) is 12.8 Å². The Morgan fingerprint density at radius 1 is 1.26 bits per heavy atom. The van der Waals surface area contributed by atoms with E-state index in [1.54, 1.807) is 37.4 Å². The highest BCUT2D eigenvalue weighted by atomic mass is 19.1. The van der Waals surface area contributed by atoms with Crippen LogP contribution in [0, 0.1) is 12.7 Å². The number of amides is 1. The highest BCUT2D eigenvalue weighted by Gasteiger charge is 2.23. The molecular formula is C18H19FN2O2. The SMILES string of the molecule is COc1ccc(C(=O)Nc2c(F)cccc2NC2CC2)c(C)c1. The number of hydrogen-bond donors (Lipinski definition) is 2. The zero-order valence-corrected chi connectivity index (χ0v) is 13.2. The van der Waals surface area contributed by atoms with Crippen molar-refractivity contribution in [3.8, 4) is 5.75 Å². The smallest absolute Gasteiger partial charge is 0.256 e. The monoisotopic (exact) mass is 314 g/mol. The average molecular weight is 314 g/mol. The molecule has 4 nitrogen and oxygen atoms in total. The van der Waals surface area contributed by atoms with Gasteiger partial charge < -0.3 is 15.4 Å². The van der Waals surface area contributed by atoms with Crippen LogP contribution in [0.15, 0.2) is 36.4 Å². The largest absolute Gasteiger partial charge is 0.497 e. The summed E-state index contributed by atoms with van der Waals surface area (Å²) >= 11 is 0. The molecule has 5 heteroatoms. The molecular weight excluding hydrogens is 295 g/mol. The number of ether oxygens (including phenoxy) is 1. The Morgan fingerprint density at radius 2 is 2.04 bits per heavy atom. The summed E-state index contributed by atoms with van der Waals surface area (Å²) in [7, 11) is 1.57. The van der Waals surface area contributed by atoms with Crippen LogP contribution in [0.3, 0.4) is 0 Å². The van der Waals surface area contributed by atoms with Crippen LogP contribution in [0.2, 0.25) is 0 Å². The van der Waals surface area contributed by atoms with Crippen LogP contribution in [-0.2, 0) is 0 Å². The van der Waals surface area contributed by atoms with E-state index in [9.17, 15) is 9.18 Å². The molecule has 120 valence electrons. The fourth-order valence-electron chi connectivity index (χ4n) is 2.42. The summed E-state index contributed by atoms with van der Waals surface area (Å²) in [4.78, 5) is 12.5. The number of aryl methyl sites for hydroxylation is 1. The van der Waals surface area contributed by atoms with E-state index in [0.29, 0.717) is 23.0 Å². The molecule has 23 heavy (non-hydrogen) atoms. The molecule has 1 fully saturated rings. The quantitative estimate of drug-likeness (QED) is 0.878. The van der Waals surface area contributed by atoms with Crippen molar-refractivity contribution in [2.24, 2.45) is 0 Å². The molecule has 1 saturated carbocycles. The highest BCUT2D eigenvalue weighted by molar-refractivity contribution is 6.07. The fraction of sp³-hybridized carbons (Fsp3) is 0.278. The van der Waals surface area contributed by atoms with E-state index in [1.807, 2.05) is 6.92 Å². The third-order valence-corrected chi connectivity index (χ3v) is 3.87. The molecule has 1 amide bonds. The van der Waals surface area contributed by atoms with Crippen molar-refractivity contribution in [1.82, 2.24) is 0 Å². The number of para-hydroxylation sites is 1. The van der Waals surface area contributed by atoms with E-state index in [-0.39, 0.29) is 11.6 Å². The van der Waals surface area contributed by atoms with Gasteiger partial charge in [-0.2, -0.15) is 0 Å². The molecule has 0 spiro atoms. The maximum Gasteiger partial charge on any atom is 0.256 e. The van der Waals surface area contributed by atoms with E-state index in [2.05, 4.69) is 10.6 Å². The number of rotatable bonds is 5. The van der Waals surface area contributed by atoms with Crippen molar-refractivity contribution >= 4 is 17.3 Å². The molecule has 0 atom stereocenters. The molecule has 2 aromatic rings.